The topological polar surface area (TPSA) is 159 Å². The van der Waals surface area contributed by atoms with E-state index in [1.165, 1.54) is 7.11 Å². The van der Waals surface area contributed by atoms with Crippen LogP contribution in [0, 0.1) is 20.2 Å². The zero-order valence-electron chi connectivity index (χ0n) is 12.5. The molecular weight excluding hydrogens is 360 g/mol. The smallest absolute Gasteiger partial charge is 0.339 e. The Morgan fingerprint density at radius 1 is 1.00 bits per heavy atom. The number of hydrogen-bond acceptors (Lipinski definition) is 9. The van der Waals surface area contributed by atoms with Crippen molar-refractivity contribution in [2.24, 2.45) is 0 Å². The highest BCUT2D eigenvalue weighted by atomic mass is 32.2. The number of methoxy groups -OCH3 is 1. The molecule has 0 aliphatic heterocycles. The molecule has 12 heteroatoms. The van der Waals surface area contributed by atoms with Gasteiger partial charge in [-0.1, -0.05) is 0 Å². The van der Waals surface area contributed by atoms with Crippen LogP contribution in [0.1, 0.15) is 0 Å². The van der Waals surface area contributed by atoms with Crippen molar-refractivity contribution in [2.45, 2.75) is 4.90 Å². The molecule has 0 heterocycles. The van der Waals surface area contributed by atoms with E-state index in [-0.39, 0.29) is 11.5 Å². The molecule has 132 valence electrons. The second-order valence-corrected chi connectivity index (χ2v) is 6.08. The number of nitrogens with zero attached hydrogens (tertiary/aromatic N) is 2. The van der Waals surface area contributed by atoms with Crippen LogP contribution < -0.4 is 8.92 Å². The lowest BCUT2D eigenvalue weighted by Gasteiger charge is -2.09. The van der Waals surface area contributed by atoms with E-state index in [9.17, 15) is 33.8 Å². The van der Waals surface area contributed by atoms with Gasteiger partial charge in [0, 0.05) is 12.1 Å². The van der Waals surface area contributed by atoms with E-state index in [0.717, 1.165) is 30.3 Å². The molecule has 0 saturated heterocycles. The third kappa shape index (κ3) is 3.74. The molecule has 2 aromatic rings. The number of aromatic hydroxyl groups is 1. The van der Waals surface area contributed by atoms with Crippen LogP contribution in [0.25, 0.3) is 0 Å². The van der Waals surface area contributed by atoms with E-state index in [2.05, 4.69) is 0 Å². The molecule has 0 unspecified atom stereocenters. The monoisotopic (exact) mass is 370 g/mol. The third-order valence-corrected chi connectivity index (χ3v) is 4.22. The van der Waals surface area contributed by atoms with Crippen molar-refractivity contribution >= 4 is 21.5 Å². The lowest BCUT2D eigenvalue weighted by atomic mass is 10.2. The Bertz CT molecular complexity index is 956. The normalized spacial score (nSPS) is 10.9. The van der Waals surface area contributed by atoms with Gasteiger partial charge in [-0.15, -0.1) is 0 Å². The maximum absolute atomic E-state index is 12.3. The number of nitro groups is 2. The van der Waals surface area contributed by atoms with Crippen LogP contribution in [-0.2, 0) is 10.1 Å². The quantitative estimate of drug-likeness (QED) is 0.455. The van der Waals surface area contributed by atoms with Gasteiger partial charge in [0.15, 0.2) is 11.5 Å². The molecule has 0 amide bonds. The van der Waals surface area contributed by atoms with Crippen molar-refractivity contribution in [2.75, 3.05) is 7.11 Å². The summed E-state index contributed by atoms with van der Waals surface area (Å²) in [6, 6.07) is 5.27. The van der Waals surface area contributed by atoms with Crippen molar-refractivity contribution < 1.29 is 32.3 Å². The molecule has 0 spiro atoms. The Balaban J connectivity index is 2.47. The van der Waals surface area contributed by atoms with Crippen molar-refractivity contribution in [1.29, 1.82) is 0 Å². The fraction of sp³-hybridized carbons (Fsp3) is 0.0769. The molecule has 2 aromatic carbocycles. The molecule has 0 aliphatic rings. The van der Waals surface area contributed by atoms with Crippen molar-refractivity contribution in [1.82, 2.24) is 0 Å². The number of ether oxygens (including phenoxy) is 1. The van der Waals surface area contributed by atoms with Crippen LogP contribution in [0.5, 0.6) is 17.2 Å². The SMILES string of the molecule is COc1cc(S(=O)(=O)Oc2ccc([N+](=O)[O-])cc2[N+](=O)[O-])ccc1O. The van der Waals surface area contributed by atoms with Crippen molar-refractivity contribution in [3.05, 3.63) is 56.6 Å². The van der Waals surface area contributed by atoms with Gasteiger partial charge in [-0.05, 0) is 18.2 Å². The standard InChI is InChI=1S/C13H10N2O9S/c1-23-13-7-9(3-4-11(13)16)25(21,22)24-12-5-2-8(14(17)18)6-10(12)15(19)20/h2-7,16H,1H3. The highest BCUT2D eigenvalue weighted by molar-refractivity contribution is 7.87. The van der Waals surface area contributed by atoms with Crippen LogP contribution in [-0.4, -0.2) is 30.5 Å². The Kier molecular flexibility index (Phi) is 4.74. The predicted molar refractivity (Wildman–Crippen MR) is 82.2 cm³/mol. The Morgan fingerprint density at radius 3 is 2.24 bits per heavy atom. The van der Waals surface area contributed by atoms with E-state index < -0.39 is 42.0 Å². The molecule has 0 radical (unpaired) electrons. The van der Waals surface area contributed by atoms with E-state index in [0.29, 0.717) is 6.07 Å². The molecule has 0 aliphatic carbocycles. The minimum Gasteiger partial charge on any atom is -0.504 e. The molecule has 0 bridgehead atoms. The van der Waals surface area contributed by atoms with E-state index in [1.54, 1.807) is 0 Å². The van der Waals surface area contributed by atoms with E-state index in [4.69, 9.17) is 8.92 Å². The lowest BCUT2D eigenvalue weighted by molar-refractivity contribution is -0.394. The lowest BCUT2D eigenvalue weighted by Crippen LogP contribution is -2.11. The minimum absolute atomic E-state index is 0.150. The van der Waals surface area contributed by atoms with Crippen LogP contribution in [0.15, 0.2) is 41.3 Å². The fourth-order valence-corrected chi connectivity index (χ4v) is 2.77. The summed E-state index contributed by atoms with van der Waals surface area (Å²) < 4.78 is 34.0. The fourth-order valence-electron chi connectivity index (χ4n) is 1.81. The second-order valence-electron chi connectivity index (χ2n) is 4.54. The van der Waals surface area contributed by atoms with Gasteiger partial charge in [0.05, 0.1) is 23.0 Å². The summed E-state index contributed by atoms with van der Waals surface area (Å²) in [7, 11) is -3.32. The molecule has 0 aromatic heterocycles. The van der Waals surface area contributed by atoms with Crippen LogP contribution in [0.2, 0.25) is 0 Å². The van der Waals surface area contributed by atoms with Crippen LogP contribution >= 0.6 is 0 Å². The predicted octanol–water partition coefficient (Wildman–Crippen LogP) is 1.98. The Morgan fingerprint density at radius 2 is 1.68 bits per heavy atom. The first-order chi connectivity index (χ1) is 11.7. The van der Waals surface area contributed by atoms with Gasteiger partial charge in [-0.3, -0.25) is 20.2 Å². The van der Waals surface area contributed by atoms with Gasteiger partial charge in [0.25, 0.3) is 5.69 Å². The minimum atomic E-state index is -4.52. The number of benzene rings is 2. The molecule has 0 atom stereocenters. The summed E-state index contributed by atoms with van der Waals surface area (Å²) in [5.74, 6) is -1.16. The number of phenolic OH excluding ortho intramolecular Hbond substituents is 1. The van der Waals surface area contributed by atoms with Gasteiger partial charge in [-0.2, -0.15) is 8.42 Å². The van der Waals surface area contributed by atoms with Gasteiger partial charge in [0.2, 0.25) is 5.75 Å². The molecule has 25 heavy (non-hydrogen) atoms. The molecule has 0 fully saturated rings. The summed E-state index contributed by atoms with van der Waals surface area (Å²) in [6.45, 7) is 0. The Labute approximate surface area is 140 Å². The third-order valence-electron chi connectivity index (χ3n) is 2.99. The number of rotatable bonds is 6. The van der Waals surface area contributed by atoms with E-state index in [1.807, 2.05) is 0 Å². The Hall–Kier alpha value is -3.41. The number of non-ortho nitro benzene ring substituents is 1. The van der Waals surface area contributed by atoms with Crippen molar-refractivity contribution in [3.63, 3.8) is 0 Å². The molecule has 0 saturated carbocycles. The van der Waals surface area contributed by atoms with Crippen LogP contribution in [0.3, 0.4) is 0 Å². The van der Waals surface area contributed by atoms with Gasteiger partial charge >= 0.3 is 15.8 Å². The van der Waals surface area contributed by atoms with E-state index >= 15 is 0 Å². The van der Waals surface area contributed by atoms with Crippen LogP contribution in [0.4, 0.5) is 11.4 Å². The summed E-state index contributed by atoms with van der Waals surface area (Å²) >= 11 is 0. The molecule has 11 nitrogen and oxygen atoms in total. The van der Waals surface area contributed by atoms with Crippen molar-refractivity contribution in [3.8, 4) is 17.2 Å². The van der Waals surface area contributed by atoms with Gasteiger partial charge in [0.1, 0.15) is 4.90 Å². The average molecular weight is 370 g/mol. The number of hydrogen-bond donors (Lipinski definition) is 1. The first kappa shape index (κ1) is 17.9. The first-order valence-electron chi connectivity index (χ1n) is 6.40. The largest absolute Gasteiger partial charge is 0.504 e. The summed E-state index contributed by atoms with van der Waals surface area (Å²) in [5.41, 5.74) is -1.48. The summed E-state index contributed by atoms with van der Waals surface area (Å²) in [5, 5.41) is 31.2. The van der Waals surface area contributed by atoms with Gasteiger partial charge < -0.3 is 14.0 Å². The maximum Gasteiger partial charge on any atom is 0.339 e. The zero-order chi connectivity index (χ0) is 18.8. The molecule has 1 N–H and O–H groups in total. The summed E-state index contributed by atoms with van der Waals surface area (Å²) in [4.78, 5) is 19.4. The highest BCUT2D eigenvalue weighted by Gasteiger charge is 2.26. The zero-order valence-corrected chi connectivity index (χ0v) is 13.3. The highest BCUT2D eigenvalue weighted by Crippen LogP contribution is 2.34. The molecular formula is C13H10N2O9S. The molecule has 2 rings (SSSR count). The maximum atomic E-state index is 12.3. The second kappa shape index (κ2) is 6.60. The number of phenols is 1. The first-order valence-corrected chi connectivity index (χ1v) is 7.81. The average Bonchev–Trinajstić information content (AvgIpc) is 2.54. The van der Waals surface area contributed by atoms with Gasteiger partial charge in [-0.25, -0.2) is 0 Å². The summed E-state index contributed by atoms with van der Waals surface area (Å²) in [6.07, 6.45) is 0. The number of nitro benzene ring substituents is 2.